The second kappa shape index (κ2) is 7.29. The molecule has 0 radical (unpaired) electrons. The number of fused-ring (bicyclic) bond motifs is 1. The van der Waals surface area contributed by atoms with Crippen molar-refractivity contribution in [1.82, 2.24) is 9.29 Å². The van der Waals surface area contributed by atoms with E-state index < -0.39 is 11.0 Å². The first-order valence-electron chi connectivity index (χ1n) is 7.14. The summed E-state index contributed by atoms with van der Waals surface area (Å²) in [6.07, 6.45) is 2.07. The molecule has 110 valence electrons. The maximum absolute atomic E-state index is 12.7. The Hall–Kier alpha value is -0.780. The zero-order chi connectivity index (χ0) is 14.5. The van der Waals surface area contributed by atoms with Crippen LogP contribution in [0.2, 0.25) is 0 Å². The van der Waals surface area contributed by atoms with Crippen LogP contribution in [0.25, 0.3) is 10.2 Å². The number of hydrogen-bond donors (Lipinski definition) is 0. The molecular formula is C15H22N2OS2. The fourth-order valence-electron chi connectivity index (χ4n) is 1.97. The van der Waals surface area contributed by atoms with E-state index in [1.807, 2.05) is 24.3 Å². The quantitative estimate of drug-likeness (QED) is 0.772. The Morgan fingerprint density at radius 3 is 2.70 bits per heavy atom. The van der Waals surface area contributed by atoms with Crippen molar-refractivity contribution < 1.29 is 4.21 Å². The van der Waals surface area contributed by atoms with E-state index in [1.54, 1.807) is 11.3 Å². The minimum Gasteiger partial charge on any atom is -0.235 e. The average Bonchev–Trinajstić information content (AvgIpc) is 2.86. The molecule has 0 aliphatic carbocycles. The molecule has 0 saturated heterocycles. The van der Waals surface area contributed by atoms with Gasteiger partial charge in [0.25, 0.3) is 0 Å². The van der Waals surface area contributed by atoms with Gasteiger partial charge in [-0.3, -0.25) is 0 Å². The number of benzene rings is 1. The van der Waals surface area contributed by atoms with Crippen molar-refractivity contribution in [3.05, 3.63) is 24.3 Å². The van der Waals surface area contributed by atoms with Gasteiger partial charge in [0, 0.05) is 13.1 Å². The summed E-state index contributed by atoms with van der Waals surface area (Å²) in [5.41, 5.74) is 0.946. The van der Waals surface area contributed by atoms with Gasteiger partial charge in [-0.25, -0.2) is 13.5 Å². The first kappa shape index (κ1) is 15.6. The normalized spacial score (nSPS) is 13.4. The van der Waals surface area contributed by atoms with Crippen LogP contribution in [0.5, 0.6) is 0 Å². The summed E-state index contributed by atoms with van der Waals surface area (Å²) < 4.78 is 16.6. The summed E-state index contributed by atoms with van der Waals surface area (Å²) in [7, 11) is -1.13. The lowest BCUT2D eigenvalue weighted by molar-refractivity contribution is 0.402. The summed E-state index contributed by atoms with van der Waals surface area (Å²) in [6.45, 7) is 8.25. The Kier molecular flexibility index (Phi) is 5.69. The second-order valence-electron chi connectivity index (χ2n) is 5.31. The number of hydrogen-bond acceptors (Lipinski definition) is 3. The Morgan fingerprint density at radius 1 is 1.30 bits per heavy atom. The molecule has 20 heavy (non-hydrogen) atoms. The molecule has 0 amide bonds. The van der Waals surface area contributed by atoms with Crippen LogP contribution in [-0.2, 0) is 11.0 Å². The molecule has 3 nitrogen and oxygen atoms in total. The van der Waals surface area contributed by atoms with Gasteiger partial charge in [0.05, 0.1) is 10.2 Å². The van der Waals surface area contributed by atoms with E-state index in [4.69, 9.17) is 0 Å². The molecule has 1 heterocycles. The molecule has 0 spiro atoms. The van der Waals surface area contributed by atoms with Crippen molar-refractivity contribution >= 4 is 32.5 Å². The highest BCUT2D eigenvalue weighted by Gasteiger charge is 2.18. The van der Waals surface area contributed by atoms with E-state index in [0.717, 1.165) is 40.5 Å². The molecule has 0 bridgehead atoms. The summed E-state index contributed by atoms with van der Waals surface area (Å²) in [5.74, 6) is 0.627. The predicted molar refractivity (Wildman–Crippen MR) is 87.3 cm³/mol. The Balaban J connectivity index is 2.17. The fourth-order valence-corrected chi connectivity index (χ4v) is 4.55. The molecule has 0 saturated carbocycles. The van der Waals surface area contributed by atoms with Crippen LogP contribution in [0.1, 0.15) is 33.6 Å². The van der Waals surface area contributed by atoms with Gasteiger partial charge < -0.3 is 0 Å². The van der Waals surface area contributed by atoms with Crippen molar-refractivity contribution in [2.45, 2.75) is 38.0 Å². The largest absolute Gasteiger partial charge is 0.235 e. The zero-order valence-electron chi connectivity index (χ0n) is 12.3. The first-order chi connectivity index (χ1) is 9.61. The third-order valence-electron chi connectivity index (χ3n) is 3.09. The number of aromatic nitrogens is 1. The van der Waals surface area contributed by atoms with Gasteiger partial charge >= 0.3 is 0 Å². The number of rotatable bonds is 7. The third-order valence-corrected chi connectivity index (χ3v) is 5.82. The van der Waals surface area contributed by atoms with E-state index in [2.05, 4.69) is 30.1 Å². The number of nitrogens with zero attached hydrogens (tertiary/aromatic N) is 2. The number of thiazole rings is 1. The van der Waals surface area contributed by atoms with Crippen molar-refractivity contribution in [3.63, 3.8) is 0 Å². The Labute approximate surface area is 127 Å². The minimum absolute atomic E-state index is 0.627. The molecule has 0 N–H and O–H groups in total. The molecule has 1 aromatic heterocycles. The molecule has 2 rings (SSSR count). The molecule has 1 atom stereocenters. The van der Waals surface area contributed by atoms with Gasteiger partial charge in [0.2, 0.25) is 0 Å². The van der Waals surface area contributed by atoms with Crippen LogP contribution in [0, 0.1) is 5.92 Å². The molecule has 2 aromatic rings. The van der Waals surface area contributed by atoms with Crippen LogP contribution >= 0.6 is 11.3 Å². The molecule has 1 aromatic carbocycles. The smallest absolute Gasteiger partial charge is 0.197 e. The molecule has 0 aliphatic heterocycles. The topological polar surface area (TPSA) is 33.2 Å². The third kappa shape index (κ3) is 3.87. The van der Waals surface area contributed by atoms with E-state index >= 15 is 0 Å². The zero-order valence-corrected chi connectivity index (χ0v) is 14.0. The molecule has 1 unspecified atom stereocenters. The lowest BCUT2D eigenvalue weighted by Gasteiger charge is -2.19. The van der Waals surface area contributed by atoms with Crippen molar-refractivity contribution in [1.29, 1.82) is 0 Å². The van der Waals surface area contributed by atoms with Gasteiger partial charge in [-0.15, -0.1) is 11.3 Å². The van der Waals surface area contributed by atoms with E-state index in [9.17, 15) is 4.21 Å². The summed E-state index contributed by atoms with van der Waals surface area (Å²) >= 11 is 1.54. The van der Waals surface area contributed by atoms with Gasteiger partial charge in [-0.1, -0.05) is 32.9 Å². The monoisotopic (exact) mass is 310 g/mol. The van der Waals surface area contributed by atoms with Gasteiger partial charge in [-0.2, -0.15) is 0 Å². The number of para-hydroxylation sites is 1. The van der Waals surface area contributed by atoms with E-state index in [-0.39, 0.29) is 0 Å². The summed E-state index contributed by atoms with van der Waals surface area (Å²) in [4.78, 5) is 4.52. The van der Waals surface area contributed by atoms with Gasteiger partial charge in [0.15, 0.2) is 15.3 Å². The maximum atomic E-state index is 12.7. The maximum Gasteiger partial charge on any atom is 0.197 e. The van der Waals surface area contributed by atoms with Gasteiger partial charge in [0.1, 0.15) is 0 Å². The lowest BCUT2D eigenvalue weighted by atomic mass is 10.1. The van der Waals surface area contributed by atoms with Crippen LogP contribution in [0.3, 0.4) is 0 Å². The van der Waals surface area contributed by atoms with Crippen LogP contribution < -0.4 is 0 Å². The highest BCUT2D eigenvalue weighted by Crippen LogP contribution is 2.25. The SMILES string of the molecule is CCCN(CCC(C)C)S(=O)c1nc2ccccc2s1. The Morgan fingerprint density at radius 2 is 2.05 bits per heavy atom. The molecular weight excluding hydrogens is 288 g/mol. The fraction of sp³-hybridized carbons (Fsp3) is 0.533. The van der Waals surface area contributed by atoms with E-state index in [1.165, 1.54) is 0 Å². The Bertz CT molecular complexity index is 547. The van der Waals surface area contributed by atoms with Gasteiger partial charge in [-0.05, 0) is 30.9 Å². The summed E-state index contributed by atoms with van der Waals surface area (Å²) in [5, 5.41) is 0. The summed E-state index contributed by atoms with van der Waals surface area (Å²) in [6, 6.07) is 7.98. The van der Waals surface area contributed by atoms with Crippen LogP contribution in [0.4, 0.5) is 0 Å². The van der Waals surface area contributed by atoms with Crippen molar-refractivity contribution in [2.75, 3.05) is 13.1 Å². The highest BCUT2D eigenvalue weighted by atomic mass is 32.2. The van der Waals surface area contributed by atoms with Crippen molar-refractivity contribution in [3.8, 4) is 0 Å². The molecule has 0 aliphatic rings. The second-order valence-corrected chi connectivity index (χ2v) is 8.00. The van der Waals surface area contributed by atoms with E-state index in [0.29, 0.717) is 5.92 Å². The minimum atomic E-state index is -1.13. The average molecular weight is 310 g/mol. The lowest BCUT2D eigenvalue weighted by Crippen LogP contribution is -2.28. The van der Waals surface area contributed by atoms with Crippen LogP contribution in [-0.4, -0.2) is 26.6 Å². The molecule has 5 heteroatoms. The van der Waals surface area contributed by atoms with Crippen LogP contribution in [0.15, 0.2) is 28.6 Å². The standard InChI is InChI=1S/C15H22N2OS2/c1-4-10-17(11-9-12(2)3)20(18)15-16-13-7-5-6-8-14(13)19-15/h5-8,12H,4,9-11H2,1-3H3. The van der Waals surface area contributed by atoms with Crippen molar-refractivity contribution in [2.24, 2.45) is 5.92 Å². The molecule has 0 fully saturated rings. The highest BCUT2D eigenvalue weighted by molar-refractivity contribution is 7.85. The first-order valence-corrected chi connectivity index (χ1v) is 9.06. The predicted octanol–water partition coefficient (Wildman–Crippen LogP) is 4.08.